The maximum absolute atomic E-state index is 9.04. The topological polar surface area (TPSA) is 98.3 Å². The van der Waals surface area contributed by atoms with Crippen LogP contribution in [0.3, 0.4) is 0 Å². The van der Waals surface area contributed by atoms with Gasteiger partial charge >= 0.3 is 0 Å². The highest BCUT2D eigenvalue weighted by atomic mass is 16.3. The van der Waals surface area contributed by atoms with Crippen molar-refractivity contribution in [2.45, 2.75) is 12.5 Å². The number of hydrogen-bond acceptors (Lipinski definition) is 4. The summed E-state index contributed by atoms with van der Waals surface area (Å²) in [6, 6.07) is 5.23. The molecular formula is C9H15N3O. The van der Waals surface area contributed by atoms with Gasteiger partial charge in [0.2, 0.25) is 0 Å². The number of aliphatic hydroxyl groups excluding tert-OH is 1. The molecule has 0 fully saturated rings. The first-order valence-corrected chi connectivity index (χ1v) is 4.03. The molecule has 0 aliphatic rings. The fourth-order valence-electron chi connectivity index (χ4n) is 1.17. The zero-order chi connectivity index (χ0) is 10.1. The predicted molar refractivity (Wildman–Crippen MR) is 53.9 cm³/mol. The zero-order valence-corrected chi connectivity index (χ0v) is 7.62. The van der Waals surface area contributed by atoms with E-state index in [4.69, 9.17) is 22.3 Å². The van der Waals surface area contributed by atoms with Gasteiger partial charge < -0.3 is 22.3 Å². The number of hydrogen-bond donors (Lipinski definition) is 4. The van der Waals surface area contributed by atoms with Crippen molar-refractivity contribution in [1.82, 2.24) is 0 Å². The lowest BCUT2D eigenvalue weighted by Gasteiger charge is -2.24. The Hall–Kier alpha value is -1.26. The van der Waals surface area contributed by atoms with E-state index in [2.05, 4.69) is 0 Å². The van der Waals surface area contributed by atoms with Crippen LogP contribution in [0.25, 0.3) is 0 Å². The van der Waals surface area contributed by atoms with Crippen molar-refractivity contribution in [3.8, 4) is 0 Å². The van der Waals surface area contributed by atoms with E-state index in [1.165, 1.54) is 0 Å². The van der Waals surface area contributed by atoms with Gasteiger partial charge in [0.05, 0.1) is 23.5 Å². The molecule has 0 bridgehead atoms. The first-order valence-electron chi connectivity index (χ1n) is 4.03. The molecule has 4 heteroatoms. The molecule has 0 saturated carbocycles. The second-order valence-electron chi connectivity index (χ2n) is 3.38. The number of anilines is 2. The van der Waals surface area contributed by atoms with Crippen LogP contribution in [-0.4, -0.2) is 11.7 Å². The summed E-state index contributed by atoms with van der Waals surface area (Å²) in [6.45, 7) is 1.54. The molecule has 0 amide bonds. The molecule has 7 N–H and O–H groups in total. The Morgan fingerprint density at radius 3 is 2.54 bits per heavy atom. The highest BCUT2D eigenvalue weighted by molar-refractivity contribution is 5.68. The number of nitrogen functional groups attached to an aromatic ring is 2. The minimum absolute atomic E-state index is 0.166. The molecule has 0 radical (unpaired) electrons. The van der Waals surface area contributed by atoms with E-state index >= 15 is 0 Å². The molecule has 13 heavy (non-hydrogen) atoms. The second-order valence-corrected chi connectivity index (χ2v) is 3.38. The molecule has 1 aromatic carbocycles. The summed E-state index contributed by atoms with van der Waals surface area (Å²) in [7, 11) is 0. The summed E-state index contributed by atoms with van der Waals surface area (Å²) >= 11 is 0. The molecule has 4 nitrogen and oxygen atoms in total. The van der Waals surface area contributed by atoms with Gasteiger partial charge in [0, 0.05) is 0 Å². The third kappa shape index (κ3) is 1.74. The second kappa shape index (κ2) is 3.24. The van der Waals surface area contributed by atoms with Gasteiger partial charge in [0.15, 0.2) is 0 Å². The molecule has 0 aliphatic carbocycles. The average Bonchev–Trinajstić information content (AvgIpc) is 2.09. The Balaban J connectivity index is 3.22. The lowest BCUT2D eigenvalue weighted by molar-refractivity contribution is 0.210. The summed E-state index contributed by atoms with van der Waals surface area (Å²) in [5.74, 6) is 0. The third-order valence-electron chi connectivity index (χ3n) is 2.08. The molecule has 1 unspecified atom stereocenters. The van der Waals surface area contributed by atoms with E-state index < -0.39 is 5.54 Å². The summed E-state index contributed by atoms with van der Waals surface area (Å²) in [6.07, 6.45) is 0. The minimum Gasteiger partial charge on any atom is -0.397 e. The van der Waals surface area contributed by atoms with Gasteiger partial charge in [-0.05, 0) is 18.6 Å². The minimum atomic E-state index is -0.834. The van der Waals surface area contributed by atoms with E-state index in [9.17, 15) is 0 Å². The van der Waals surface area contributed by atoms with Crippen molar-refractivity contribution in [3.63, 3.8) is 0 Å². The number of rotatable bonds is 2. The molecular weight excluding hydrogens is 166 g/mol. The maximum Gasteiger partial charge on any atom is 0.0651 e. The highest BCUT2D eigenvalue weighted by Crippen LogP contribution is 2.27. The van der Waals surface area contributed by atoms with E-state index in [1.807, 2.05) is 0 Å². The Morgan fingerprint density at radius 2 is 2.00 bits per heavy atom. The van der Waals surface area contributed by atoms with Crippen LogP contribution in [0.1, 0.15) is 12.5 Å². The fourth-order valence-corrected chi connectivity index (χ4v) is 1.17. The fraction of sp³-hybridized carbons (Fsp3) is 0.333. The van der Waals surface area contributed by atoms with Crippen LogP contribution < -0.4 is 17.2 Å². The van der Waals surface area contributed by atoms with Gasteiger partial charge in [-0.3, -0.25) is 0 Å². The standard InChI is InChI=1S/C9H15N3O/c1-9(12,5-13)6-3-2-4-7(10)8(6)11/h2-4,13H,5,10-12H2,1H3. The van der Waals surface area contributed by atoms with Gasteiger partial charge in [0.1, 0.15) is 0 Å². The van der Waals surface area contributed by atoms with Crippen molar-refractivity contribution in [3.05, 3.63) is 23.8 Å². The Kier molecular flexibility index (Phi) is 2.45. The number of aliphatic hydroxyl groups is 1. The summed E-state index contributed by atoms with van der Waals surface area (Å²) in [5, 5.41) is 9.04. The van der Waals surface area contributed by atoms with E-state index in [0.29, 0.717) is 16.9 Å². The Bertz CT molecular complexity index is 310. The average molecular weight is 181 g/mol. The van der Waals surface area contributed by atoms with Crippen molar-refractivity contribution in [2.75, 3.05) is 18.1 Å². The summed E-state index contributed by atoms with van der Waals surface area (Å²) in [5.41, 5.74) is 17.9. The molecule has 1 rings (SSSR count). The number of benzene rings is 1. The molecule has 1 atom stereocenters. The maximum atomic E-state index is 9.04. The lowest BCUT2D eigenvalue weighted by atomic mass is 9.92. The molecule has 1 aromatic rings. The monoisotopic (exact) mass is 181 g/mol. The quantitative estimate of drug-likeness (QED) is 0.483. The van der Waals surface area contributed by atoms with Crippen LogP contribution in [0, 0.1) is 0 Å². The van der Waals surface area contributed by atoms with Crippen molar-refractivity contribution in [2.24, 2.45) is 5.73 Å². The number of nitrogens with two attached hydrogens (primary N) is 3. The first kappa shape index (κ1) is 9.83. The Labute approximate surface area is 77.3 Å². The SMILES string of the molecule is CC(N)(CO)c1cccc(N)c1N. The van der Waals surface area contributed by atoms with Crippen molar-refractivity contribution in [1.29, 1.82) is 0 Å². The van der Waals surface area contributed by atoms with Gasteiger partial charge in [-0.1, -0.05) is 12.1 Å². The summed E-state index contributed by atoms with van der Waals surface area (Å²) in [4.78, 5) is 0. The lowest BCUT2D eigenvalue weighted by Crippen LogP contribution is -2.37. The molecule has 0 spiro atoms. The van der Waals surface area contributed by atoms with Crippen LogP contribution in [-0.2, 0) is 5.54 Å². The van der Waals surface area contributed by atoms with Crippen LogP contribution in [0.5, 0.6) is 0 Å². The van der Waals surface area contributed by atoms with Crippen LogP contribution >= 0.6 is 0 Å². The van der Waals surface area contributed by atoms with E-state index in [-0.39, 0.29) is 6.61 Å². The van der Waals surface area contributed by atoms with Crippen LogP contribution in [0.15, 0.2) is 18.2 Å². The van der Waals surface area contributed by atoms with E-state index in [1.54, 1.807) is 25.1 Å². The molecule has 0 heterocycles. The summed E-state index contributed by atoms with van der Waals surface area (Å²) < 4.78 is 0. The van der Waals surface area contributed by atoms with Gasteiger partial charge in [-0.2, -0.15) is 0 Å². The first-order chi connectivity index (χ1) is 5.99. The van der Waals surface area contributed by atoms with Crippen LogP contribution in [0.2, 0.25) is 0 Å². The normalized spacial score (nSPS) is 15.3. The Morgan fingerprint density at radius 1 is 1.38 bits per heavy atom. The van der Waals surface area contributed by atoms with Crippen LogP contribution in [0.4, 0.5) is 11.4 Å². The molecule has 0 saturated heterocycles. The van der Waals surface area contributed by atoms with Gasteiger partial charge in [-0.25, -0.2) is 0 Å². The molecule has 0 aromatic heterocycles. The smallest absolute Gasteiger partial charge is 0.0651 e. The number of para-hydroxylation sites is 1. The third-order valence-corrected chi connectivity index (χ3v) is 2.08. The molecule has 72 valence electrons. The predicted octanol–water partition coefficient (Wildman–Crippen LogP) is 0.0172. The van der Waals surface area contributed by atoms with Gasteiger partial charge in [-0.15, -0.1) is 0 Å². The van der Waals surface area contributed by atoms with Crippen molar-refractivity contribution >= 4 is 11.4 Å². The van der Waals surface area contributed by atoms with Crippen molar-refractivity contribution < 1.29 is 5.11 Å². The molecule has 0 aliphatic heterocycles. The van der Waals surface area contributed by atoms with Gasteiger partial charge in [0.25, 0.3) is 0 Å². The van der Waals surface area contributed by atoms with E-state index in [0.717, 1.165) is 0 Å². The largest absolute Gasteiger partial charge is 0.397 e. The highest BCUT2D eigenvalue weighted by Gasteiger charge is 2.22. The zero-order valence-electron chi connectivity index (χ0n) is 7.62.